The van der Waals surface area contributed by atoms with E-state index in [0.29, 0.717) is 17.5 Å². The zero-order chi connectivity index (χ0) is 31.1. The van der Waals surface area contributed by atoms with Gasteiger partial charge in [-0.1, -0.05) is 12.1 Å². The van der Waals surface area contributed by atoms with Crippen molar-refractivity contribution in [3.05, 3.63) is 69.2 Å². The first-order valence-corrected chi connectivity index (χ1v) is 14.7. The van der Waals surface area contributed by atoms with E-state index in [4.69, 9.17) is 9.47 Å². The summed E-state index contributed by atoms with van der Waals surface area (Å²) in [5, 5.41) is 2.71. The Morgan fingerprint density at radius 2 is 1.65 bits per heavy atom. The van der Waals surface area contributed by atoms with E-state index in [0.717, 1.165) is 10.5 Å². The molecule has 0 aromatic heterocycles. The van der Waals surface area contributed by atoms with Crippen LogP contribution in [0.4, 0.5) is 13.6 Å². The van der Waals surface area contributed by atoms with Crippen molar-refractivity contribution in [1.29, 1.82) is 0 Å². The highest BCUT2D eigenvalue weighted by molar-refractivity contribution is 9.10. The zero-order valence-corrected chi connectivity index (χ0v) is 25.2. The van der Waals surface area contributed by atoms with Gasteiger partial charge >= 0.3 is 18.0 Å². The molecule has 228 valence electrons. The van der Waals surface area contributed by atoms with Crippen molar-refractivity contribution in [2.45, 2.75) is 76.3 Å². The van der Waals surface area contributed by atoms with E-state index in [-0.39, 0.29) is 43.1 Å². The van der Waals surface area contributed by atoms with Crippen LogP contribution >= 0.6 is 15.9 Å². The first-order valence-electron chi connectivity index (χ1n) is 13.9. The summed E-state index contributed by atoms with van der Waals surface area (Å²) in [5.41, 5.74) is 0.239. The number of esters is 2. The Hall–Kier alpha value is -3.87. The van der Waals surface area contributed by atoms with E-state index in [9.17, 15) is 32.8 Å². The number of amides is 4. The molecule has 2 fully saturated rings. The normalized spacial score (nSPS) is 21.0. The number of aryl methyl sites for hydroxylation is 1. The molecular formula is C30H30BrF2N3O7. The fraction of sp³-hybridized carbons (Fsp3) is 0.433. The summed E-state index contributed by atoms with van der Waals surface area (Å²) in [7, 11) is 0. The summed E-state index contributed by atoms with van der Waals surface area (Å²) < 4.78 is 39.1. The van der Waals surface area contributed by atoms with Gasteiger partial charge in [-0.05, 0) is 82.6 Å². The van der Waals surface area contributed by atoms with Crippen molar-refractivity contribution in [3.8, 4) is 0 Å². The second-order valence-corrected chi connectivity index (χ2v) is 12.0. The maximum atomic E-state index is 14.5. The van der Waals surface area contributed by atoms with E-state index in [2.05, 4.69) is 21.2 Å². The van der Waals surface area contributed by atoms with E-state index in [1.54, 1.807) is 6.07 Å². The zero-order valence-electron chi connectivity index (χ0n) is 23.6. The lowest BCUT2D eigenvalue weighted by molar-refractivity contribution is -0.239. The van der Waals surface area contributed by atoms with Gasteiger partial charge in [-0.25, -0.2) is 13.6 Å². The largest absolute Gasteiger partial charge is 0.423 e. The number of carbonyl (C=O) groups is 5. The number of ether oxygens (including phenoxy) is 2. The summed E-state index contributed by atoms with van der Waals surface area (Å²) in [6.07, 6.45) is 1.46. The monoisotopic (exact) mass is 661 g/mol. The summed E-state index contributed by atoms with van der Waals surface area (Å²) in [6, 6.07) is 7.22. The van der Waals surface area contributed by atoms with Crippen molar-refractivity contribution in [2.75, 3.05) is 6.54 Å². The van der Waals surface area contributed by atoms with Crippen molar-refractivity contribution in [3.63, 3.8) is 0 Å². The molecule has 1 saturated heterocycles. The maximum absolute atomic E-state index is 14.5. The number of hydrogen-bond acceptors (Lipinski definition) is 7. The molecule has 1 N–H and O–H groups in total. The average molecular weight is 662 g/mol. The standard InChI is InChI=1S/C30H30BrF2N3O7/c1-17(37)42-29(43-18(2)38)10-8-22(9-11-29)35(15-19-3-5-21(32)6-4-19)26(39)16-36-27(40)30(34-28(36)41)12-7-20-13-24(31)25(33)14-23(20)30/h3-6,13-14,22H,7-12,15-16H2,1-2H3,(H,34,41). The van der Waals surface area contributed by atoms with Crippen LogP contribution in [-0.2, 0) is 47.2 Å². The molecule has 13 heteroatoms. The summed E-state index contributed by atoms with van der Waals surface area (Å²) in [4.78, 5) is 66.6. The highest BCUT2D eigenvalue weighted by Gasteiger charge is 2.56. The third-order valence-corrected chi connectivity index (χ3v) is 8.86. The van der Waals surface area contributed by atoms with Crippen LogP contribution in [0.25, 0.3) is 0 Å². The van der Waals surface area contributed by atoms with Crippen molar-refractivity contribution in [1.82, 2.24) is 15.1 Å². The van der Waals surface area contributed by atoms with E-state index in [1.807, 2.05) is 0 Å². The minimum atomic E-state index is -1.46. The Labute approximate surface area is 254 Å². The minimum absolute atomic E-state index is 0.0504. The molecule has 1 aliphatic heterocycles. The predicted molar refractivity (Wildman–Crippen MR) is 150 cm³/mol. The molecule has 10 nitrogen and oxygen atoms in total. The highest BCUT2D eigenvalue weighted by Crippen LogP contribution is 2.43. The second kappa shape index (κ2) is 11.7. The van der Waals surface area contributed by atoms with Gasteiger partial charge in [0.15, 0.2) is 0 Å². The number of halogens is 3. The highest BCUT2D eigenvalue weighted by atomic mass is 79.9. The van der Waals surface area contributed by atoms with Gasteiger partial charge in [0, 0.05) is 39.3 Å². The molecule has 2 aliphatic carbocycles. The first kappa shape index (κ1) is 30.6. The molecule has 5 rings (SSSR count). The maximum Gasteiger partial charge on any atom is 0.325 e. The average Bonchev–Trinajstić information content (AvgIpc) is 3.39. The van der Waals surface area contributed by atoms with Crippen LogP contribution in [0.15, 0.2) is 40.9 Å². The fourth-order valence-electron chi connectivity index (χ4n) is 6.31. The Morgan fingerprint density at radius 3 is 2.26 bits per heavy atom. The molecule has 1 unspecified atom stereocenters. The fourth-order valence-corrected chi connectivity index (χ4v) is 6.70. The summed E-state index contributed by atoms with van der Waals surface area (Å²) in [5.74, 6) is -4.90. The van der Waals surface area contributed by atoms with Crippen LogP contribution in [-0.4, -0.2) is 58.0 Å². The van der Waals surface area contributed by atoms with Crippen LogP contribution in [0.5, 0.6) is 0 Å². The first-order chi connectivity index (χ1) is 20.3. The van der Waals surface area contributed by atoms with Gasteiger partial charge in [-0.3, -0.25) is 24.1 Å². The lowest BCUT2D eigenvalue weighted by Gasteiger charge is -2.42. The molecule has 43 heavy (non-hydrogen) atoms. The molecule has 1 spiro atoms. The molecular weight excluding hydrogens is 632 g/mol. The third kappa shape index (κ3) is 5.99. The van der Waals surface area contributed by atoms with Gasteiger partial charge in [0.05, 0.1) is 4.47 Å². The van der Waals surface area contributed by atoms with Crippen LogP contribution in [0.3, 0.4) is 0 Å². The predicted octanol–water partition coefficient (Wildman–Crippen LogP) is 4.21. The number of imide groups is 1. The molecule has 0 radical (unpaired) electrons. The molecule has 1 atom stereocenters. The molecule has 1 heterocycles. The molecule has 4 amide bonds. The Morgan fingerprint density at radius 1 is 1.02 bits per heavy atom. The number of urea groups is 1. The van der Waals surface area contributed by atoms with Crippen molar-refractivity contribution in [2.24, 2.45) is 0 Å². The summed E-state index contributed by atoms with van der Waals surface area (Å²) in [6.45, 7) is 1.90. The number of nitrogens with one attached hydrogen (secondary N) is 1. The number of fused-ring (bicyclic) bond motifs is 2. The van der Waals surface area contributed by atoms with Gasteiger partial charge in [-0.15, -0.1) is 0 Å². The van der Waals surface area contributed by atoms with Crippen molar-refractivity contribution >= 4 is 45.7 Å². The van der Waals surface area contributed by atoms with Gasteiger partial charge < -0.3 is 19.7 Å². The van der Waals surface area contributed by atoms with Gasteiger partial charge in [0.2, 0.25) is 5.91 Å². The SMILES string of the molecule is CC(=O)OC1(OC(C)=O)CCC(N(Cc2ccc(F)cc2)C(=O)CN2C(=O)NC3(CCc4cc(Br)c(F)cc43)C2=O)CC1. The van der Waals surface area contributed by atoms with E-state index < -0.39 is 65.3 Å². The third-order valence-electron chi connectivity index (χ3n) is 8.25. The van der Waals surface area contributed by atoms with Gasteiger partial charge in [0.25, 0.3) is 11.7 Å². The Kier molecular flexibility index (Phi) is 8.30. The van der Waals surface area contributed by atoms with Crippen LogP contribution < -0.4 is 5.32 Å². The number of hydrogen-bond donors (Lipinski definition) is 1. The number of benzene rings is 2. The lowest BCUT2D eigenvalue weighted by atomic mass is 9.88. The second-order valence-electron chi connectivity index (χ2n) is 11.1. The quantitative estimate of drug-likeness (QED) is 0.268. The van der Waals surface area contributed by atoms with Gasteiger partial charge in [0.1, 0.15) is 23.7 Å². The van der Waals surface area contributed by atoms with E-state index in [1.165, 1.54) is 49.1 Å². The molecule has 2 aromatic rings. The van der Waals surface area contributed by atoms with Gasteiger partial charge in [-0.2, -0.15) is 0 Å². The molecule has 2 aromatic carbocycles. The number of carbonyl (C=O) groups excluding carboxylic acids is 5. The van der Waals surface area contributed by atoms with Crippen LogP contribution in [0, 0.1) is 11.6 Å². The van der Waals surface area contributed by atoms with Crippen LogP contribution in [0.2, 0.25) is 0 Å². The molecule has 3 aliphatic rings. The Bertz CT molecular complexity index is 1480. The molecule has 0 bridgehead atoms. The summed E-state index contributed by atoms with van der Waals surface area (Å²) >= 11 is 3.15. The number of nitrogens with zero attached hydrogens (tertiary/aromatic N) is 2. The van der Waals surface area contributed by atoms with Crippen LogP contribution in [0.1, 0.15) is 62.6 Å². The lowest BCUT2D eigenvalue weighted by Crippen LogP contribution is -2.51. The van der Waals surface area contributed by atoms with Crippen molar-refractivity contribution < 1.29 is 42.2 Å². The Balaban J connectivity index is 1.38. The topological polar surface area (TPSA) is 122 Å². The van der Waals surface area contributed by atoms with E-state index >= 15 is 0 Å². The smallest absolute Gasteiger partial charge is 0.325 e. The molecule has 1 saturated carbocycles. The number of rotatable bonds is 7. The minimum Gasteiger partial charge on any atom is -0.423 e.